The second-order valence-electron chi connectivity index (χ2n) is 5.83. The van der Waals surface area contributed by atoms with Crippen molar-refractivity contribution < 1.29 is 13.2 Å². The highest BCUT2D eigenvalue weighted by atomic mass is 35.5. The van der Waals surface area contributed by atoms with Crippen LogP contribution in [-0.4, -0.2) is 26.3 Å². The summed E-state index contributed by atoms with van der Waals surface area (Å²) in [6, 6.07) is 13.1. The van der Waals surface area contributed by atoms with Crippen molar-refractivity contribution in [1.29, 1.82) is 5.26 Å². The van der Waals surface area contributed by atoms with Crippen LogP contribution in [0.25, 0.3) is 0 Å². The van der Waals surface area contributed by atoms with Crippen molar-refractivity contribution in [2.45, 2.75) is 31.1 Å². The van der Waals surface area contributed by atoms with Gasteiger partial charge >= 0.3 is 0 Å². The molecular weight excluding hydrogens is 372 g/mol. The lowest BCUT2D eigenvalue weighted by atomic mass is 10.2. The van der Waals surface area contributed by atoms with Gasteiger partial charge in [0.25, 0.3) is 0 Å². The maximum absolute atomic E-state index is 12.6. The Bertz CT molecular complexity index is 890. The molecule has 0 aliphatic carbocycles. The van der Waals surface area contributed by atoms with Gasteiger partial charge in [-0.25, -0.2) is 12.7 Å². The van der Waals surface area contributed by atoms with Gasteiger partial charge < -0.3 is 4.74 Å². The lowest BCUT2D eigenvalue weighted by molar-refractivity contribution is 0.453. The Labute approximate surface area is 159 Å². The van der Waals surface area contributed by atoms with E-state index in [1.54, 1.807) is 37.4 Å². The van der Waals surface area contributed by atoms with Crippen LogP contribution in [0.1, 0.15) is 31.7 Å². The molecule has 0 unspecified atom stereocenters. The molecule has 0 radical (unpaired) electrons. The number of ether oxygens (including phenoxy) is 1. The van der Waals surface area contributed by atoms with Crippen molar-refractivity contribution in [2.24, 2.45) is 0 Å². The minimum atomic E-state index is -3.52. The molecule has 0 saturated heterocycles. The molecule has 0 aliphatic rings. The summed E-state index contributed by atoms with van der Waals surface area (Å²) in [7, 11) is -1.94. The van der Waals surface area contributed by atoms with E-state index in [0.29, 0.717) is 23.1 Å². The predicted octanol–water partition coefficient (Wildman–Crippen LogP) is 4.81. The molecule has 0 aliphatic heterocycles. The van der Waals surface area contributed by atoms with Crippen LogP contribution in [0.2, 0.25) is 5.02 Å². The van der Waals surface area contributed by atoms with Crippen LogP contribution in [0.15, 0.2) is 47.4 Å². The Balaban J connectivity index is 2.16. The fourth-order valence-electron chi connectivity index (χ4n) is 2.39. The number of unbranched alkanes of at least 4 members (excludes halogenated alkanes) is 2. The number of benzene rings is 2. The van der Waals surface area contributed by atoms with Crippen LogP contribution < -0.4 is 4.74 Å². The number of sulfonamides is 1. The quantitative estimate of drug-likeness (QED) is 0.604. The van der Waals surface area contributed by atoms with Gasteiger partial charge in [-0.3, -0.25) is 0 Å². The molecular formula is C19H21ClN2O3S. The Morgan fingerprint density at radius 3 is 2.46 bits per heavy atom. The van der Waals surface area contributed by atoms with Gasteiger partial charge in [0.15, 0.2) is 0 Å². The summed E-state index contributed by atoms with van der Waals surface area (Å²) >= 11 is 5.98. The van der Waals surface area contributed by atoms with Gasteiger partial charge in [0.05, 0.1) is 9.92 Å². The van der Waals surface area contributed by atoms with Gasteiger partial charge in [-0.15, -0.1) is 0 Å². The zero-order valence-electron chi connectivity index (χ0n) is 14.8. The van der Waals surface area contributed by atoms with Gasteiger partial charge in [0.1, 0.15) is 23.1 Å². The first-order valence-electron chi connectivity index (χ1n) is 8.33. The minimum absolute atomic E-state index is 0.204. The maximum atomic E-state index is 12.6. The van der Waals surface area contributed by atoms with Crippen molar-refractivity contribution in [3.63, 3.8) is 0 Å². The second-order valence-corrected chi connectivity index (χ2v) is 8.28. The third kappa shape index (κ3) is 4.76. The molecule has 0 amide bonds. The number of nitriles is 1. The van der Waals surface area contributed by atoms with Crippen LogP contribution in [0, 0.1) is 11.3 Å². The van der Waals surface area contributed by atoms with Crippen molar-refractivity contribution >= 4 is 21.6 Å². The molecule has 0 N–H and O–H groups in total. The van der Waals surface area contributed by atoms with E-state index < -0.39 is 10.0 Å². The molecule has 7 heteroatoms. The molecule has 2 aromatic rings. The molecule has 0 aromatic heterocycles. The SMILES string of the molecule is CCCCCN(C)S(=O)(=O)c1ccc(Oc2cccc(Cl)c2C#N)cc1. The van der Waals surface area contributed by atoms with Gasteiger partial charge in [-0.05, 0) is 42.8 Å². The molecule has 5 nitrogen and oxygen atoms in total. The zero-order valence-corrected chi connectivity index (χ0v) is 16.3. The topological polar surface area (TPSA) is 70.4 Å². The third-order valence-electron chi connectivity index (χ3n) is 3.92. The van der Waals surface area contributed by atoms with Crippen LogP contribution in [0.4, 0.5) is 0 Å². The zero-order chi connectivity index (χ0) is 19.2. The highest BCUT2D eigenvalue weighted by Gasteiger charge is 2.20. The van der Waals surface area contributed by atoms with Crippen molar-refractivity contribution in [3.05, 3.63) is 53.1 Å². The van der Waals surface area contributed by atoms with E-state index in [1.165, 1.54) is 16.4 Å². The smallest absolute Gasteiger partial charge is 0.242 e. The molecule has 0 bridgehead atoms. The first kappa shape index (κ1) is 20.2. The lowest BCUT2D eigenvalue weighted by Crippen LogP contribution is -2.27. The number of halogens is 1. The van der Waals surface area contributed by atoms with E-state index in [9.17, 15) is 13.7 Å². The van der Waals surface area contributed by atoms with E-state index in [4.69, 9.17) is 16.3 Å². The monoisotopic (exact) mass is 392 g/mol. The largest absolute Gasteiger partial charge is 0.456 e. The van der Waals surface area contributed by atoms with E-state index in [1.807, 2.05) is 6.07 Å². The predicted molar refractivity (Wildman–Crippen MR) is 102 cm³/mol. The van der Waals surface area contributed by atoms with Crippen molar-refractivity contribution in [2.75, 3.05) is 13.6 Å². The van der Waals surface area contributed by atoms with Gasteiger partial charge in [-0.2, -0.15) is 5.26 Å². The van der Waals surface area contributed by atoms with Crippen LogP contribution in [-0.2, 0) is 10.0 Å². The van der Waals surface area contributed by atoms with E-state index >= 15 is 0 Å². The number of hydrogen-bond donors (Lipinski definition) is 0. The molecule has 0 saturated carbocycles. The number of rotatable bonds is 8. The standard InChI is InChI=1S/C19H21ClN2O3S/c1-3-4-5-13-22(2)26(23,24)16-11-9-15(10-12-16)25-19-8-6-7-18(20)17(19)14-21/h6-12H,3-5,13H2,1-2H3. The summed E-state index contributed by atoms with van der Waals surface area (Å²) in [5, 5.41) is 9.48. The Kier molecular flexibility index (Phi) is 7.04. The summed E-state index contributed by atoms with van der Waals surface area (Å²) in [6.45, 7) is 2.56. The van der Waals surface area contributed by atoms with Gasteiger partial charge in [0.2, 0.25) is 10.0 Å². The Hall–Kier alpha value is -2.07. The average Bonchev–Trinajstić information content (AvgIpc) is 2.62. The Morgan fingerprint density at radius 1 is 1.15 bits per heavy atom. The minimum Gasteiger partial charge on any atom is -0.456 e. The summed E-state index contributed by atoms with van der Waals surface area (Å²) in [5.74, 6) is 0.753. The second kappa shape index (κ2) is 9.04. The summed E-state index contributed by atoms with van der Waals surface area (Å²) < 4.78 is 32.2. The molecule has 138 valence electrons. The molecule has 2 rings (SSSR count). The first-order valence-corrected chi connectivity index (χ1v) is 10.1. The number of nitrogens with zero attached hydrogens (tertiary/aromatic N) is 2. The lowest BCUT2D eigenvalue weighted by Gasteiger charge is -2.17. The third-order valence-corrected chi connectivity index (χ3v) is 6.11. The molecule has 2 aromatic carbocycles. The molecule has 0 atom stereocenters. The normalized spacial score (nSPS) is 11.3. The van der Waals surface area contributed by atoms with Crippen LogP contribution in [0.3, 0.4) is 0 Å². The van der Waals surface area contributed by atoms with Crippen molar-refractivity contribution in [1.82, 2.24) is 4.31 Å². The fraction of sp³-hybridized carbons (Fsp3) is 0.316. The molecule has 26 heavy (non-hydrogen) atoms. The molecule has 0 fully saturated rings. The summed E-state index contributed by atoms with van der Waals surface area (Å²) in [4.78, 5) is 0.204. The average molecular weight is 393 g/mol. The number of hydrogen-bond acceptors (Lipinski definition) is 4. The highest BCUT2D eigenvalue weighted by Crippen LogP contribution is 2.30. The maximum Gasteiger partial charge on any atom is 0.242 e. The van der Waals surface area contributed by atoms with Crippen molar-refractivity contribution in [3.8, 4) is 17.6 Å². The van der Waals surface area contributed by atoms with E-state index in [2.05, 4.69) is 6.92 Å². The highest BCUT2D eigenvalue weighted by molar-refractivity contribution is 7.89. The van der Waals surface area contributed by atoms with Gasteiger partial charge in [0, 0.05) is 13.6 Å². The van der Waals surface area contributed by atoms with Crippen LogP contribution >= 0.6 is 11.6 Å². The molecule has 0 spiro atoms. The Morgan fingerprint density at radius 2 is 1.85 bits per heavy atom. The van der Waals surface area contributed by atoms with Crippen LogP contribution in [0.5, 0.6) is 11.5 Å². The summed E-state index contributed by atoms with van der Waals surface area (Å²) in [6.07, 6.45) is 2.86. The van der Waals surface area contributed by atoms with Gasteiger partial charge in [-0.1, -0.05) is 37.4 Å². The molecule has 0 heterocycles. The van der Waals surface area contributed by atoms with E-state index in [0.717, 1.165) is 19.3 Å². The summed E-state index contributed by atoms with van der Waals surface area (Å²) in [5.41, 5.74) is 0.238. The fourth-order valence-corrected chi connectivity index (χ4v) is 3.81. The first-order chi connectivity index (χ1) is 12.4. The van der Waals surface area contributed by atoms with E-state index in [-0.39, 0.29) is 10.5 Å².